The molecule has 3 aromatic heterocycles. The van der Waals surface area contributed by atoms with E-state index in [9.17, 15) is 0 Å². The highest BCUT2D eigenvalue weighted by Gasteiger charge is 2.11. The second kappa shape index (κ2) is 8.59. The minimum Gasteiger partial charge on any atom is -0.487 e. The summed E-state index contributed by atoms with van der Waals surface area (Å²) in [6, 6.07) is 23.7. The Morgan fingerprint density at radius 1 is 0.903 bits per heavy atom. The van der Waals surface area contributed by atoms with Crippen molar-refractivity contribution in [3.63, 3.8) is 0 Å². The van der Waals surface area contributed by atoms with Crippen LogP contribution in [0.4, 0.5) is 0 Å². The molecule has 0 amide bonds. The molecule has 2 aromatic carbocycles. The maximum atomic E-state index is 5.94. The van der Waals surface area contributed by atoms with Gasteiger partial charge in [0.05, 0.1) is 11.2 Å². The molecule has 5 aromatic rings. The summed E-state index contributed by atoms with van der Waals surface area (Å²) in [7, 11) is 0. The normalized spacial score (nSPS) is 11.5. The van der Waals surface area contributed by atoms with Crippen molar-refractivity contribution in [2.75, 3.05) is 0 Å². The average Bonchev–Trinajstić information content (AvgIpc) is 3.37. The molecule has 0 saturated heterocycles. The second-order valence-corrected chi connectivity index (χ2v) is 6.89. The SMILES string of the molecule is C(=C(c1ccc(OCc2ccc3ccccc3n2)cc1)c1nnco1)c1ccncc1. The van der Waals surface area contributed by atoms with Gasteiger partial charge in [-0.3, -0.25) is 4.98 Å². The summed E-state index contributed by atoms with van der Waals surface area (Å²) in [6.45, 7) is 0.396. The zero-order valence-corrected chi connectivity index (χ0v) is 16.6. The molecule has 0 fully saturated rings. The molecule has 31 heavy (non-hydrogen) atoms. The molecule has 0 aliphatic carbocycles. The highest BCUT2D eigenvalue weighted by atomic mass is 16.5. The first-order valence-corrected chi connectivity index (χ1v) is 9.81. The Hall–Kier alpha value is -4.32. The molecule has 0 N–H and O–H groups in total. The molecule has 0 radical (unpaired) electrons. The quantitative estimate of drug-likeness (QED) is 0.387. The van der Waals surface area contributed by atoms with Crippen LogP contribution >= 0.6 is 0 Å². The number of rotatable bonds is 6. The fourth-order valence-electron chi connectivity index (χ4n) is 3.26. The first-order valence-electron chi connectivity index (χ1n) is 9.81. The van der Waals surface area contributed by atoms with Gasteiger partial charge in [0.1, 0.15) is 12.4 Å². The lowest BCUT2D eigenvalue weighted by Gasteiger charge is -2.09. The third-order valence-corrected chi connectivity index (χ3v) is 4.82. The number of pyridine rings is 2. The van der Waals surface area contributed by atoms with Crippen LogP contribution in [0.15, 0.2) is 96.0 Å². The summed E-state index contributed by atoms with van der Waals surface area (Å²) in [5, 5.41) is 9.00. The predicted octanol–water partition coefficient (Wildman–Crippen LogP) is 5.18. The van der Waals surface area contributed by atoms with Gasteiger partial charge in [-0.05, 0) is 53.6 Å². The van der Waals surface area contributed by atoms with Crippen LogP contribution in [0, 0.1) is 0 Å². The van der Waals surface area contributed by atoms with Crippen LogP contribution in [0.3, 0.4) is 0 Å². The van der Waals surface area contributed by atoms with Crippen LogP contribution in [0.25, 0.3) is 22.6 Å². The first kappa shape index (κ1) is 18.7. The maximum absolute atomic E-state index is 5.94. The summed E-state index contributed by atoms with van der Waals surface area (Å²) in [6.07, 6.45) is 6.80. The highest BCUT2D eigenvalue weighted by molar-refractivity contribution is 5.88. The van der Waals surface area contributed by atoms with E-state index in [-0.39, 0.29) is 0 Å². The smallest absolute Gasteiger partial charge is 0.248 e. The molecule has 6 heteroatoms. The molecule has 0 unspecified atom stereocenters. The molecular formula is C25H18N4O2. The topological polar surface area (TPSA) is 73.9 Å². The van der Waals surface area contributed by atoms with Crippen LogP contribution in [0.2, 0.25) is 0 Å². The Kier molecular flexibility index (Phi) is 5.18. The average molecular weight is 406 g/mol. The molecule has 6 nitrogen and oxygen atoms in total. The van der Waals surface area contributed by atoms with Crippen LogP contribution in [0.5, 0.6) is 5.75 Å². The van der Waals surface area contributed by atoms with E-state index in [4.69, 9.17) is 9.15 Å². The van der Waals surface area contributed by atoms with Gasteiger partial charge < -0.3 is 9.15 Å². The third-order valence-electron chi connectivity index (χ3n) is 4.82. The summed E-state index contributed by atoms with van der Waals surface area (Å²) < 4.78 is 11.4. The van der Waals surface area contributed by atoms with Gasteiger partial charge in [-0.2, -0.15) is 0 Å². The minimum atomic E-state index is 0.396. The van der Waals surface area contributed by atoms with Gasteiger partial charge in [-0.15, -0.1) is 10.2 Å². The van der Waals surface area contributed by atoms with Gasteiger partial charge in [0.25, 0.3) is 0 Å². The van der Waals surface area contributed by atoms with E-state index in [2.05, 4.69) is 26.2 Å². The van der Waals surface area contributed by atoms with Gasteiger partial charge in [0.2, 0.25) is 12.3 Å². The van der Waals surface area contributed by atoms with Crippen molar-refractivity contribution in [2.45, 2.75) is 6.61 Å². The summed E-state index contributed by atoms with van der Waals surface area (Å²) in [5.41, 5.74) is 4.60. The van der Waals surface area contributed by atoms with E-state index < -0.39 is 0 Å². The third kappa shape index (κ3) is 4.33. The lowest BCUT2D eigenvalue weighted by molar-refractivity contribution is 0.302. The van der Waals surface area contributed by atoms with E-state index in [1.165, 1.54) is 6.39 Å². The van der Waals surface area contributed by atoms with E-state index in [0.29, 0.717) is 12.5 Å². The molecule has 0 saturated carbocycles. The van der Waals surface area contributed by atoms with Gasteiger partial charge in [-0.25, -0.2) is 4.98 Å². The van der Waals surface area contributed by atoms with Gasteiger partial charge in [-0.1, -0.05) is 36.4 Å². The van der Waals surface area contributed by atoms with Crippen molar-refractivity contribution in [3.05, 3.63) is 114 Å². The molecule has 150 valence electrons. The van der Waals surface area contributed by atoms with Crippen molar-refractivity contribution in [3.8, 4) is 5.75 Å². The van der Waals surface area contributed by atoms with Crippen molar-refractivity contribution in [1.29, 1.82) is 0 Å². The molecular weight excluding hydrogens is 388 g/mol. The number of ether oxygens (including phenoxy) is 1. The van der Waals surface area contributed by atoms with E-state index >= 15 is 0 Å². The second-order valence-electron chi connectivity index (χ2n) is 6.89. The summed E-state index contributed by atoms with van der Waals surface area (Å²) in [4.78, 5) is 8.71. The zero-order valence-electron chi connectivity index (χ0n) is 16.6. The Labute approximate surface area is 178 Å². The number of para-hydroxylation sites is 1. The van der Waals surface area contributed by atoms with Crippen LogP contribution in [-0.2, 0) is 6.61 Å². The summed E-state index contributed by atoms with van der Waals surface area (Å²) >= 11 is 0. The Balaban J connectivity index is 1.35. The fourth-order valence-corrected chi connectivity index (χ4v) is 3.26. The predicted molar refractivity (Wildman–Crippen MR) is 118 cm³/mol. The van der Waals surface area contributed by atoms with E-state index in [1.807, 2.05) is 72.8 Å². The Morgan fingerprint density at radius 2 is 1.74 bits per heavy atom. The number of hydrogen-bond donors (Lipinski definition) is 0. The molecule has 0 aliphatic heterocycles. The van der Waals surface area contributed by atoms with E-state index in [0.717, 1.165) is 39.0 Å². The van der Waals surface area contributed by atoms with Crippen molar-refractivity contribution < 1.29 is 9.15 Å². The number of benzene rings is 2. The number of aromatic nitrogens is 4. The largest absolute Gasteiger partial charge is 0.487 e. The minimum absolute atomic E-state index is 0.396. The van der Waals surface area contributed by atoms with Crippen molar-refractivity contribution in [1.82, 2.24) is 20.2 Å². The van der Waals surface area contributed by atoms with Crippen LogP contribution < -0.4 is 4.74 Å². The Morgan fingerprint density at radius 3 is 2.55 bits per heavy atom. The van der Waals surface area contributed by atoms with E-state index in [1.54, 1.807) is 12.4 Å². The monoisotopic (exact) mass is 406 g/mol. The number of nitrogens with zero attached hydrogens (tertiary/aromatic N) is 4. The van der Waals surface area contributed by atoms with Crippen LogP contribution in [-0.4, -0.2) is 20.2 Å². The van der Waals surface area contributed by atoms with Gasteiger partial charge in [0, 0.05) is 23.4 Å². The van der Waals surface area contributed by atoms with Gasteiger partial charge >= 0.3 is 0 Å². The van der Waals surface area contributed by atoms with Crippen molar-refractivity contribution >= 4 is 22.6 Å². The Bertz CT molecular complexity index is 1320. The molecule has 5 rings (SSSR count). The lowest BCUT2D eigenvalue weighted by Crippen LogP contribution is -1.98. The zero-order chi connectivity index (χ0) is 20.9. The number of fused-ring (bicyclic) bond motifs is 1. The van der Waals surface area contributed by atoms with Crippen LogP contribution in [0.1, 0.15) is 22.7 Å². The highest BCUT2D eigenvalue weighted by Crippen LogP contribution is 2.26. The molecule has 0 spiro atoms. The van der Waals surface area contributed by atoms with Gasteiger partial charge in [0.15, 0.2) is 0 Å². The fraction of sp³-hybridized carbons (Fsp3) is 0.0400. The lowest BCUT2D eigenvalue weighted by atomic mass is 10.0. The first-order chi connectivity index (χ1) is 15.3. The standard InChI is InChI=1S/C25H18N4O2/c1-2-4-24-20(3-1)5-8-21(28-24)16-30-22-9-6-19(7-10-22)23(25-29-27-17-31-25)15-18-11-13-26-14-12-18/h1-15,17H,16H2. The molecule has 0 aliphatic rings. The molecule has 3 heterocycles. The molecule has 0 atom stereocenters. The summed E-state index contributed by atoms with van der Waals surface area (Å²) in [5.74, 6) is 1.21. The van der Waals surface area contributed by atoms with Crippen molar-refractivity contribution in [2.24, 2.45) is 0 Å². The maximum Gasteiger partial charge on any atom is 0.248 e. The number of hydrogen-bond acceptors (Lipinski definition) is 6. The molecule has 0 bridgehead atoms.